The van der Waals surface area contributed by atoms with Crippen molar-refractivity contribution >= 4 is 47.2 Å². The van der Waals surface area contributed by atoms with Crippen molar-refractivity contribution in [2.45, 2.75) is 19.8 Å². The third kappa shape index (κ3) is 7.99. The number of nitrogens with one attached hydrogen (secondary N) is 1. The number of piperazine rings is 1. The summed E-state index contributed by atoms with van der Waals surface area (Å²) in [6.45, 7) is 10.0. The van der Waals surface area contributed by atoms with E-state index in [0.29, 0.717) is 0 Å². The second-order valence-electron chi connectivity index (χ2n) is 7.22. The van der Waals surface area contributed by atoms with E-state index in [1.807, 2.05) is 29.8 Å². The lowest BCUT2D eigenvalue weighted by molar-refractivity contribution is 0.255. The number of nitrogens with zero attached hydrogens (tertiary/aromatic N) is 6. The van der Waals surface area contributed by atoms with E-state index in [9.17, 15) is 0 Å². The van der Waals surface area contributed by atoms with E-state index < -0.39 is 0 Å². The van der Waals surface area contributed by atoms with E-state index in [-0.39, 0.29) is 24.0 Å². The molecule has 1 aliphatic heterocycles. The van der Waals surface area contributed by atoms with Crippen molar-refractivity contribution in [1.29, 1.82) is 0 Å². The molecular weight excluding hydrogens is 509 g/mol. The van der Waals surface area contributed by atoms with Crippen LogP contribution in [-0.2, 0) is 6.42 Å². The Morgan fingerprint density at radius 1 is 1.20 bits per heavy atom. The van der Waals surface area contributed by atoms with Crippen LogP contribution in [0.3, 0.4) is 0 Å². The molecule has 3 heterocycles. The number of thiophene rings is 1. The van der Waals surface area contributed by atoms with Crippen molar-refractivity contribution in [3.63, 3.8) is 0 Å². The fourth-order valence-corrected chi connectivity index (χ4v) is 4.11. The lowest BCUT2D eigenvalue weighted by atomic mass is 10.3. The number of aliphatic imine (C=N–C) groups is 1. The molecule has 0 aliphatic carbocycles. The van der Waals surface area contributed by atoms with Crippen molar-refractivity contribution in [1.82, 2.24) is 25.1 Å². The first-order valence-corrected chi connectivity index (χ1v) is 11.4. The molecule has 3 rings (SSSR count). The van der Waals surface area contributed by atoms with Gasteiger partial charge in [-0.1, -0.05) is 6.07 Å². The fourth-order valence-electron chi connectivity index (χ4n) is 3.41. The maximum Gasteiger partial charge on any atom is 0.225 e. The van der Waals surface area contributed by atoms with E-state index in [1.54, 1.807) is 0 Å². The van der Waals surface area contributed by atoms with Gasteiger partial charge in [-0.15, -0.1) is 35.3 Å². The maximum absolute atomic E-state index is 4.84. The molecule has 0 amide bonds. The van der Waals surface area contributed by atoms with Crippen molar-refractivity contribution in [3.05, 3.63) is 40.8 Å². The molecule has 0 radical (unpaired) electrons. The van der Waals surface area contributed by atoms with Crippen molar-refractivity contribution in [3.8, 4) is 0 Å². The minimum atomic E-state index is 0. The zero-order valence-electron chi connectivity index (χ0n) is 18.0. The van der Waals surface area contributed by atoms with Crippen LogP contribution >= 0.6 is 35.3 Å². The zero-order chi connectivity index (χ0) is 20.3. The molecule has 9 heteroatoms. The van der Waals surface area contributed by atoms with E-state index in [4.69, 9.17) is 4.99 Å². The maximum atomic E-state index is 4.84. The summed E-state index contributed by atoms with van der Waals surface area (Å²) in [4.78, 5) is 22.0. The molecule has 7 nitrogen and oxygen atoms in total. The largest absolute Gasteiger partial charge is 0.357 e. The number of anilines is 1. The van der Waals surface area contributed by atoms with Crippen LogP contribution in [0, 0.1) is 0 Å². The van der Waals surface area contributed by atoms with E-state index in [1.165, 1.54) is 4.88 Å². The van der Waals surface area contributed by atoms with Crippen LogP contribution in [0.5, 0.6) is 0 Å². The number of hydrogen-bond acceptors (Lipinski definition) is 6. The molecule has 0 saturated carbocycles. The number of aromatic nitrogens is 2. The molecule has 1 aliphatic rings. The summed E-state index contributed by atoms with van der Waals surface area (Å²) in [5.74, 6) is 1.85. The first-order valence-electron chi connectivity index (χ1n) is 10.5. The van der Waals surface area contributed by atoms with E-state index in [0.717, 1.165) is 77.1 Å². The van der Waals surface area contributed by atoms with Crippen LogP contribution in [0.2, 0.25) is 0 Å². The summed E-state index contributed by atoms with van der Waals surface area (Å²) in [5.41, 5.74) is 0. The van der Waals surface area contributed by atoms with Gasteiger partial charge in [-0.05, 0) is 37.3 Å². The summed E-state index contributed by atoms with van der Waals surface area (Å²) in [6, 6.07) is 6.18. The molecule has 0 aromatic carbocycles. The Labute approximate surface area is 201 Å². The van der Waals surface area contributed by atoms with Gasteiger partial charge in [0.25, 0.3) is 0 Å². The van der Waals surface area contributed by atoms with Crippen LogP contribution in [0.15, 0.2) is 41.0 Å². The quantitative estimate of drug-likeness (QED) is 0.227. The third-order valence-corrected chi connectivity index (χ3v) is 6.01. The summed E-state index contributed by atoms with van der Waals surface area (Å²) in [7, 11) is 2.12. The number of likely N-dealkylation sites (N-methyl/N-ethyl adjacent to an activating group) is 1. The number of hydrogen-bond donors (Lipinski definition) is 1. The van der Waals surface area contributed by atoms with Gasteiger partial charge >= 0.3 is 0 Å². The third-order valence-electron chi connectivity index (χ3n) is 5.07. The number of halogens is 1. The highest BCUT2D eigenvalue weighted by Crippen LogP contribution is 2.10. The Bertz CT molecular complexity index is 718. The Morgan fingerprint density at radius 2 is 1.97 bits per heavy atom. The first-order chi connectivity index (χ1) is 14.3. The van der Waals surface area contributed by atoms with Crippen LogP contribution in [-0.4, -0.2) is 85.1 Å². The number of guanidine groups is 1. The SMILES string of the molecule is CCNC(=NCCCN1CCN(c2ncccn2)CC1)N(C)CCc1cccs1.I. The number of rotatable bonds is 9. The van der Waals surface area contributed by atoms with Crippen molar-refractivity contribution in [2.24, 2.45) is 4.99 Å². The minimum Gasteiger partial charge on any atom is -0.357 e. The highest BCUT2D eigenvalue weighted by molar-refractivity contribution is 14.0. The van der Waals surface area contributed by atoms with Crippen molar-refractivity contribution < 1.29 is 0 Å². The molecule has 0 atom stereocenters. The molecule has 1 saturated heterocycles. The van der Waals surface area contributed by atoms with Crippen LogP contribution in [0.25, 0.3) is 0 Å². The lowest BCUT2D eigenvalue weighted by Crippen LogP contribution is -2.47. The van der Waals surface area contributed by atoms with Gasteiger partial charge < -0.3 is 15.1 Å². The molecule has 0 unspecified atom stereocenters. The van der Waals surface area contributed by atoms with Gasteiger partial charge in [0, 0.05) is 76.7 Å². The Kier molecular flexibility index (Phi) is 11.4. The summed E-state index contributed by atoms with van der Waals surface area (Å²) >= 11 is 1.82. The Hall–Kier alpha value is -1.46. The second-order valence-corrected chi connectivity index (χ2v) is 8.25. The Morgan fingerprint density at radius 3 is 2.63 bits per heavy atom. The van der Waals surface area contributed by atoms with Crippen molar-refractivity contribution in [2.75, 3.05) is 64.3 Å². The predicted molar refractivity (Wildman–Crippen MR) is 137 cm³/mol. The normalized spacial score (nSPS) is 15.0. The highest BCUT2D eigenvalue weighted by atomic mass is 127. The monoisotopic (exact) mass is 543 g/mol. The topological polar surface area (TPSA) is 59.9 Å². The first kappa shape index (κ1) is 24.8. The van der Waals surface area contributed by atoms with Crippen LogP contribution in [0.1, 0.15) is 18.2 Å². The highest BCUT2D eigenvalue weighted by Gasteiger charge is 2.18. The van der Waals surface area contributed by atoms with Gasteiger partial charge in [0.05, 0.1) is 0 Å². The molecular formula is C21H34IN7S. The predicted octanol–water partition coefficient (Wildman–Crippen LogP) is 2.81. The molecule has 30 heavy (non-hydrogen) atoms. The Balaban J connectivity index is 0.00000320. The average molecular weight is 544 g/mol. The van der Waals surface area contributed by atoms with Crippen LogP contribution < -0.4 is 10.2 Å². The van der Waals surface area contributed by atoms with E-state index in [2.05, 4.69) is 61.5 Å². The minimum absolute atomic E-state index is 0. The van der Waals surface area contributed by atoms with E-state index >= 15 is 0 Å². The average Bonchev–Trinajstić information content (AvgIpc) is 3.29. The lowest BCUT2D eigenvalue weighted by Gasteiger charge is -2.34. The molecule has 0 spiro atoms. The molecule has 1 N–H and O–H groups in total. The standard InChI is InChI=1S/C21H33N7S.HI/c1-3-22-20(26(2)13-8-19-7-4-18-29-19)23-11-6-12-27-14-16-28(17-15-27)21-24-9-5-10-25-21;/h4-5,7,9-10,18H,3,6,8,11-17H2,1-2H3,(H,22,23);1H. The van der Waals surface area contributed by atoms with Gasteiger partial charge in [0.2, 0.25) is 5.95 Å². The van der Waals surface area contributed by atoms with Crippen LogP contribution in [0.4, 0.5) is 5.95 Å². The smallest absolute Gasteiger partial charge is 0.225 e. The van der Waals surface area contributed by atoms with Gasteiger partial charge in [0.15, 0.2) is 5.96 Å². The fraction of sp³-hybridized carbons (Fsp3) is 0.571. The van der Waals surface area contributed by atoms with Gasteiger partial charge in [-0.2, -0.15) is 0 Å². The molecule has 2 aromatic rings. The summed E-state index contributed by atoms with van der Waals surface area (Å²) in [5, 5.41) is 5.56. The molecule has 1 fully saturated rings. The summed E-state index contributed by atoms with van der Waals surface area (Å²) in [6.07, 6.45) is 5.77. The van der Waals surface area contributed by atoms with Gasteiger partial charge in [-0.3, -0.25) is 9.89 Å². The molecule has 166 valence electrons. The second kappa shape index (κ2) is 13.8. The van der Waals surface area contributed by atoms with Gasteiger partial charge in [-0.25, -0.2) is 9.97 Å². The molecule has 2 aromatic heterocycles. The van der Waals surface area contributed by atoms with Gasteiger partial charge in [0.1, 0.15) is 0 Å². The zero-order valence-corrected chi connectivity index (χ0v) is 21.2. The summed E-state index contributed by atoms with van der Waals surface area (Å²) < 4.78 is 0. The molecule has 0 bridgehead atoms.